The number of ketones is 1. The monoisotopic (exact) mass is 304 g/mol. The quantitative estimate of drug-likeness (QED) is 0.324. The molecule has 0 spiro atoms. The number of carbonyl (C=O) groups is 1. The molecule has 0 aliphatic rings. The van der Waals surface area contributed by atoms with E-state index in [4.69, 9.17) is 4.74 Å². The zero-order chi connectivity index (χ0) is 16.2. The summed E-state index contributed by atoms with van der Waals surface area (Å²) in [4.78, 5) is 11.2. The van der Waals surface area contributed by atoms with Crippen molar-refractivity contribution in [2.45, 2.75) is 58.3 Å². The maximum absolute atomic E-state index is 11.2. The molecule has 0 aromatic heterocycles. The SMILES string of the molecule is C=CCCCCCCCCCOc1ccc(C(C)=O)c(O)c1. The molecule has 22 heavy (non-hydrogen) atoms. The van der Waals surface area contributed by atoms with Gasteiger partial charge in [0.15, 0.2) is 5.78 Å². The number of allylic oxidation sites excluding steroid dienone is 1. The number of hydrogen-bond donors (Lipinski definition) is 1. The van der Waals surface area contributed by atoms with E-state index in [0.29, 0.717) is 17.9 Å². The smallest absolute Gasteiger partial charge is 0.163 e. The van der Waals surface area contributed by atoms with Gasteiger partial charge in [-0.3, -0.25) is 4.79 Å². The Kier molecular flexibility index (Phi) is 9.04. The highest BCUT2D eigenvalue weighted by atomic mass is 16.5. The van der Waals surface area contributed by atoms with Crippen LogP contribution >= 0.6 is 0 Å². The second-order valence-electron chi connectivity index (χ2n) is 5.64. The minimum Gasteiger partial charge on any atom is -0.507 e. The topological polar surface area (TPSA) is 46.5 Å². The molecule has 0 atom stereocenters. The van der Waals surface area contributed by atoms with Crippen molar-refractivity contribution >= 4 is 5.78 Å². The first-order chi connectivity index (χ1) is 10.6. The van der Waals surface area contributed by atoms with E-state index < -0.39 is 0 Å². The van der Waals surface area contributed by atoms with Crippen LogP contribution in [0.2, 0.25) is 0 Å². The lowest BCUT2D eigenvalue weighted by molar-refractivity contribution is 0.101. The molecule has 1 N–H and O–H groups in total. The molecular weight excluding hydrogens is 276 g/mol. The molecule has 3 heteroatoms. The highest BCUT2D eigenvalue weighted by Gasteiger charge is 2.07. The molecule has 1 rings (SSSR count). The number of rotatable bonds is 12. The van der Waals surface area contributed by atoms with Crippen molar-refractivity contribution in [1.29, 1.82) is 0 Å². The molecule has 1 aromatic rings. The van der Waals surface area contributed by atoms with Crippen molar-refractivity contribution in [3.05, 3.63) is 36.4 Å². The van der Waals surface area contributed by atoms with Crippen LogP contribution in [0.4, 0.5) is 0 Å². The van der Waals surface area contributed by atoms with Gasteiger partial charge in [-0.1, -0.05) is 38.2 Å². The van der Waals surface area contributed by atoms with Crippen LogP contribution < -0.4 is 4.74 Å². The van der Waals surface area contributed by atoms with Crippen molar-refractivity contribution in [3.63, 3.8) is 0 Å². The zero-order valence-corrected chi connectivity index (χ0v) is 13.6. The van der Waals surface area contributed by atoms with Crippen LogP contribution in [0.3, 0.4) is 0 Å². The maximum Gasteiger partial charge on any atom is 0.163 e. The minimum atomic E-state index is -0.142. The third kappa shape index (κ3) is 7.30. The Balaban J connectivity index is 2.09. The predicted octanol–water partition coefficient (Wildman–Crippen LogP) is 5.28. The van der Waals surface area contributed by atoms with Gasteiger partial charge >= 0.3 is 0 Å². The summed E-state index contributed by atoms with van der Waals surface area (Å²) in [5.41, 5.74) is 0.337. The molecule has 0 saturated carbocycles. The highest BCUT2D eigenvalue weighted by molar-refractivity contribution is 5.96. The number of unbranched alkanes of at least 4 members (excludes halogenated alkanes) is 7. The summed E-state index contributed by atoms with van der Waals surface area (Å²) < 4.78 is 5.60. The van der Waals surface area contributed by atoms with Gasteiger partial charge in [-0.05, 0) is 38.3 Å². The molecule has 0 bridgehead atoms. The van der Waals surface area contributed by atoms with Gasteiger partial charge in [0.25, 0.3) is 0 Å². The molecule has 0 aliphatic carbocycles. The lowest BCUT2D eigenvalue weighted by atomic mass is 10.1. The van der Waals surface area contributed by atoms with Gasteiger partial charge in [-0.25, -0.2) is 0 Å². The fourth-order valence-electron chi connectivity index (χ4n) is 2.36. The Morgan fingerprint density at radius 1 is 1.14 bits per heavy atom. The first-order valence-corrected chi connectivity index (χ1v) is 8.23. The minimum absolute atomic E-state index is 0.00970. The number of ether oxygens (including phenoxy) is 1. The van der Waals surface area contributed by atoms with Crippen LogP contribution in [0.1, 0.15) is 68.6 Å². The molecular formula is C19H28O3. The molecule has 0 radical (unpaired) electrons. The summed E-state index contributed by atoms with van der Waals surface area (Å²) in [5, 5.41) is 9.72. The number of carbonyl (C=O) groups excluding carboxylic acids is 1. The molecule has 3 nitrogen and oxygen atoms in total. The molecule has 122 valence electrons. The van der Waals surface area contributed by atoms with Gasteiger partial charge in [-0.15, -0.1) is 6.58 Å². The van der Waals surface area contributed by atoms with Gasteiger partial charge in [0.1, 0.15) is 11.5 Å². The van der Waals surface area contributed by atoms with E-state index >= 15 is 0 Å². The first-order valence-electron chi connectivity index (χ1n) is 8.23. The molecule has 0 unspecified atom stereocenters. The van der Waals surface area contributed by atoms with Crippen LogP contribution in [0.15, 0.2) is 30.9 Å². The van der Waals surface area contributed by atoms with Gasteiger partial charge < -0.3 is 9.84 Å². The van der Waals surface area contributed by atoms with E-state index in [9.17, 15) is 9.90 Å². The summed E-state index contributed by atoms with van der Waals surface area (Å²) in [7, 11) is 0. The third-order valence-corrected chi connectivity index (χ3v) is 3.67. The fraction of sp³-hybridized carbons (Fsp3) is 0.526. The summed E-state index contributed by atoms with van der Waals surface area (Å²) in [5.74, 6) is 0.466. The predicted molar refractivity (Wildman–Crippen MR) is 90.7 cm³/mol. The lowest BCUT2D eigenvalue weighted by Gasteiger charge is -2.08. The van der Waals surface area contributed by atoms with Crippen LogP contribution in [-0.2, 0) is 0 Å². The van der Waals surface area contributed by atoms with Crippen molar-refractivity contribution in [2.24, 2.45) is 0 Å². The Morgan fingerprint density at radius 2 is 1.77 bits per heavy atom. The maximum atomic E-state index is 11.2. The average molecular weight is 304 g/mol. The third-order valence-electron chi connectivity index (χ3n) is 3.67. The first kappa shape index (κ1) is 18.3. The van der Waals surface area contributed by atoms with Crippen molar-refractivity contribution in [3.8, 4) is 11.5 Å². The zero-order valence-electron chi connectivity index (χ0n) is 13.6. The second kappa shape index (κ2) is 10.9. The number of aromatic hydroxyl groups is 1. The summed E-state index contributed by atoms with van der Waals surface area (Å²) >= 11 is 0. The fourth-order valence-corrected chi connectivity index (χ4v) is 2.36. The summed E-state index contributed by atoms with van der Waals surface area (Å²) in [6.07, 6.45) is 11.7. The Morgan fingerprint density at radius 3 is 2.36 bits per heavy atom. The van der Waals surface area contributed by atoms with E-state index in [-0.39, 0.29) is 11.5 Å². The standard InChI is InChI=1S/C19H28O3/c1-3-4-5-6-7-8-9-10-11-14-22-17-12-13-18(16(2)20)19(21)15-17/h3,12-13,15,21H,1,4-11,14H2,2H3. The number of Topliss-reactive ketones (excluding diaryl/α,β-unsaturated/α-hetero) is 1. The molecule has 0 saturated heterocycles. The van der Waals surface area contributed by atoms with Crippen LogP contribution in [0.5, 0.6) is 11.5 Å². The van der Waals surface area contributed by atoms with E-state index in [0.717, 1.165) is 12.8 Å². The Bertz CT molecular complexity index is 466. The van der Waals surface area contributed by atoms with E-state index in [1.54, 1.807) is 12.1 Å². The molecule has 1 aromatic carbocycles. The highest BCUT2D eigenvalue weighted by Crippen LogP contribution is 2.24. The van der Waals surface area contributed by atoms with Crippen molar-refractivity contribution < 1.29 is 14.6 Å². The van der Waals surface area contributed by atoms with E-state index in [2.05, 4.69) is 6.58 Å². The lowest BCUT2D eigenvalue weighted by Crippen LogP contribution is -1.99. The van der Waals surface area contributed by atoms with E-state index in [1.165, 1.54) is 51.5 Å². The molecule has 0 aliphatic heterocycles. The van der Waals surface area contributed by atoms with Gasteiger partial charge in [0.2, 0.25) is 0 Å². The Hall–Kier alpha value is -1.77. The van der Waals surface area contributed by atoms with E-state index in [1.807, 2.05) is 6.08 Å². The van der Waals surface area contributed by atoms with Crippen molar-refractivity contribution in [1.82, 2.24) is 0 Å². The van der Waals surface area contributed by atoms with Crippen LogP contribution in [-0.4, -0.2) is 17.5 Å². The Labute approximate surface area is 134 Å². The number of benzene rings is 1. The largest absolute Gasteiger partial charge is 0.507 e. The van der Waals surface area contributed by atoms with Gasteiger partial charge in [0, 0.05) is 6.07 Å². The van der Waals surface area contributed by atoms with Gasteiger partial charge in [0.05, 0.1) is 12.2 Å². The summed E-state index contributed by atoms with van der Waals surface area (Å²) in [6, 6.07) is 4.85. The normalized spacial score (nSPS) is 10.4. The number of hydrogen-bond acceptors (Lipinski definition) is 3. The molecule has 0 amide bonds. The summed E-state index contributed by atoms with van der Waals surface area (Å²) in [6.45, 7) is 5.81. The van der Waals surface area contributed by atoms with Crippen molar-refractivity contribution in [2.75, 3.05) is 6.61 Å². The van der Waals surface area contributed by atoms with Gasteiger partial charge in [-0.2, -0.15) is 0 Å². The van der Waals surface area contributed by atoms with Crippen LogP contribution in [0.25, 0.3) is 0 Å². The molecule has 0 heterocycles. The van der Waals surface area contributed by atoms with Crippen LogP contribution in [0, 0.1) is 0 Å². The second-order valence-corrected chi connectivity index (χ2v) is 5.64. The average Bonchev–Trinajstić information content (AvgIpc) is 2.49. The number of phenols is 1. The number of phenolic OH excluding ortho intramolecular Hbond substituents is 1. The molecule has 0 fully saturated rings.